The first-order chi connectivity index (χ1) is 10.2. The number of halogens is 1. The summed E-state index contributed by atoms with van der Waals surface area (Å²) < 4.78 is 18.4. The van der Waals surface area contributed by atoms with Crippen molar-refractivity contribution in [2.45, 2.75) is 45.3 Å². The smallest absolute Gasteiger partial charge is 0.407 e. The maximum atomic E-state index is 13.1. The summed E-state index contributed by atoms with van der Waals surface area (Å²) in [6.45, 7) is 6.97. The molecule has 1 saturated heterocycles. The first-order valence-corrected chi connectivity index (χ1v) is 7.54. The van der Waals surface area contributed by atoms with Gasteiger partial charge in [0, 0.05) is 19.1 Å². The third kappa shape index (κ3) is 4.51. The highest BCUT2D eigenvalue weighted by Gasteiger charge is 2.25. The summed E-state index contributed by atoms with van der Waals surface area (Å²) in [5.41, 5.74) is 6.59. The van der Waals surface area contributed by atoms with Crippen LogP contribution in [0.15, 0.2) is 18.2 Å². The van der Waals surface area contributed by atoms with Gasteiger partial charge in [0.1, 0.15) is 11.4 Å². The van der Waals surface area contributed by atoms with Crippen molar-refractivity contribution in [1.82, 2.24) is 5.32 Å². The molecule has 6 heteroatoms. The number of nitrogens with zero attached hydrogens (tertiary/aromatic N) is 1. The fourth-order valence-electron chi connectivity index (χ4n) is 2.60. The Morgan fingerprint density at radius 3 is 2.82 bits per heavy atom. The second-order valence-corrected chi connectivity index (χ2v) is 6.63. The Morgan fingerprint density at radius 1 is 1.45 bits per heavy atom. The Morgan fingerprint density at radius 2 is 2.18 bits per heavy atom. The van der Waals surface area contributed by atoms with E-state index in [1.807, 2.05) is 20.8 Å². The van der Waals surface area contributed by atoms with Gasteiger partial charge in [-0.15, -0.1) is 0 Å². The average molecular weight is 309 g/mol. The van der Waals surface area contributed by atoms with E-state index in [2.05, 4.69) is 10.2 Å². The van der Waals surface area contributed by atoms with Crippen molar-refractivity contribution in [3.8, 4) is 0 Å². The predicted molar refractivity (Wildman–Crippen MR) is 85.4 cm³/mol. The molecule has 1 heterocycles. The molecule has 5 nitrogen and oxygen atoms in total. The zero-order chi connectivity index (χ0) is 16.3. The van der Waals surface area contributed by atoms with E-state index in [0.29, 0.717) is 12.2 Å². The number of carbonyl (C=O) groups excluding carboxylic acids is 1. The molecule has 1 amide bonds. The van der Waals surface area contributed by atoms with Gasteiger partial charge >= 0.3 is 6.09 Å². The molecule has 0 radical (unpaired) electrons. The number of nitrogen functional groups attached to an aromatic ring is 1. The lowest BCUT2D eigenvalue weighted by molar-refractivity contribution is 0.0500. The molecule has 3 N–H and O–H groups in total. The van der Waals surface area contributed by atoms with Crippen LogP contribution in [0.3, 0.4) is 0 Å². The lowest BCUT2D eigenvalue weighted by Crippen LogP contribution is -2.49. The van der Waals surface area contributed by atoms with Crippen molar-refractivity contribution in [3.05, 3.63) is 24.0 Å². The fourth-order valence-corrected chi connectivity index (χ4v) is 2.60. The standard InChI is InChI=1S/C16H24FN3O2/c1-16(2,3)22-15(21)19-12-5-4-8-20(10-12)14-7-6-11(17)9-13(14)18/h6-7,9,12H,4-5,8,10,18H2,1-3H3,(H,19,21)/t12-/m0/s1. The quantitative estimate of drug-likeness (QED) is 0.824. The highest BCUT2D eigenvalue weighted by atomic mass is 19.1. The van der Waals surface area contributed by atoms with Gasteiger partial charge in [0.2, 0.25) is 0 Å². The number of nitrogens with one attached hydrogen (secondary N) is 1. The van der Waals surface area contributed by atoms with Crippen LogP contribution in [-0.4, -0.2) is 30.8 Å². The number of hydrogen-bond acceptors (Lipinski definition) is 4. The molecule has 1 aromatic carbocycles. The zero-order valence-corrected chi connectivity index (χ0v) is 13.4. The number of carbonyl (C=O) groups is 1. The number of anilines is 2. The largest absolute Gasteiger partial charge is 0.444 e. The Kier molecular flexibility index (Phi) is 4.78. The minimum atomic E-state index is -0.514. The van der Waals surface area contributed by atoms with Gasteiger partial charge < -0.3 is 20.7 Å². The molecule has 0 saturated carbocycles. The van der Waals surface area contributed by atoms with Crippen molar-refractivity contribution in [1.29, 1.82) is 0 Å². The van der Waals surface area contributed by atoms with E-state index < -0.39 is 11.7 Å². The predicted octanol–water partition coefficient (Wildman–Crippen LogP) is 2.90. The SMILES string of the molecule is CC(C)(C)OC(=O)N[C@H]1CCCN(c2ccc(F)cc2N)C1. The number of benzene rings is 1. The minimum absolute atomic E-state index is 0.00643. The molecule has 22 heavy (non-hydrogen) atoms. The topological polar surface area (TPSA) is 67.6 Å². The van der Waals surface area contributed by atoms with E-state index in [0.717, 1.165) is 25.1 Å². The first kappa shape index (κ1) is 16.4. The summed E-state index contributed by atoms with van der Waals surface area (Å²) in [6.07, 6.45) is 1.40. The lowest BCUT2D eigenvalue weighted by Gasteiger charge is -2.35. The molecule has 0 spiro atoms. The van der Waals surface area contributed by atoms with Crippen LogP contribution in [0, 0.1) is 5.82 Å². The van der Waals surface area contributed by atoms with Gasteiger partial charge in [-0.2, -0.15) is 0 Å². The maximum Gasteiger partial charge on any atom is 0.407 e. The zero-order valence-electron chi connectivity index (χ0n) is 13.4. The third-order valence-corrected chi connectivity index (χ3v) is 3.47. The molecule has 1 aliphatic heterocycles. The number of nitrogens with two attached hydrogens (primary N) is 1. The number of piperidine rings is 1. The van der Waals surface area contributed by atoms with Crippen molar-refractivity contribution in [2.75, 3.05) is 23.7 Å². The number of amides is 1. The van der Waals surface area contributed by atoms with Gasteiger partial charge in [0.05, 0.1) is 11.4 Å². The van der Waals surface area contributed by atoms with E-state index in [9.17, 15) is 9.18 Å². The van der Waals surface area contributed by atoms with Gasteiger partial charge in [0.25, 0.3) is 0 Å². The Balaban J connectivity index is 1.98. The molecular weight excluding hydrogens is 285 g/mol. The van der Waals surface area contributed by atoms with Crippen LogP contribution in [0.2, 0.25) is 0 Å². The summed E-state index contributed by atoms with van der Waals surface area (Å²) in [6, 6.07) is 4.39. The molecule has 1 aromatic rings. The molecule has 1 atom stereocenters. The number of alkyl carbamates (subject to hydrolysis) is 1. The molecular formula is C16H24FN3O2. The monoisotopic (exact) mass is 309 g/mol. The molecule has 0 aromatic heterocycles. The first-order valence-electron chi connectivity index (χ1n) is 7.54. The summed E-state index contributed by atoms with van der Waals surface area (Å²) >= 11 is 0. The lowest BCUT2D eigenvalue weighted by atomic mass is 10.0. The summed E-state index contributed by atoms with van der Waals surface area (Å²) in [7, 11) is 0. The maximum absolute atomic E-state index is 13.1. The van der Waals surface area contributed by atoms with Gasteiger partial charge in [-0.25, -0.2) is 9.18 Å². The van der Waals surface area contributed by atoms with Crippen LogP contribution in [0.1, 0.15) is 33.6 Å². The average Bonchev–Trinajstić information content (AvgIpc) is 2.36. The molecule has 1 fully saturated rings. The normalized spacial score (nSPS) is 18.9. The van der Waals surface area contributed by atoms with E-state index in [1.165, 1.54) is 12.1 Å². The second-order valence-electron chi connectivity index (χ2n) is 6.63. The van der Waals surface area contributed by atoms with Gasteiger partial charge in [-0.1, -0.05) is 0 Å². The van der Waals surface area contributed by atoms with Crippen LogP contribution in [0.25, 0.3) is 0 Å². The van der Waals surface area contributed by atoms with Gasteiger partial charge in [-0.3, -0.25) is 0 Å². The second kappa shape index (κ2) is 6.42. The van der Waals surface area contributed by atoms with E-state index in [1.54, 1.807) is 6.07 Å². The highest BCUT2D eigenvalue weighted by Crippen LogP contribution is 2.27. The van der Waals surface area contributed by atoms with Crippen LogP contribution >= 0.6 is 0 Å². The number of rotatable bonds is 2. The van der Waals surface area contributed by atoms with Crippen LogP contribution in [0.4, 0.5) is 20.6 Å². The Bertz CT molecular complexity index is 543. The molecule has 1 aliphatic rings. The number of ether oxygens (including phenoxy) is 1. The summed E-state index contributed by atoms with van der Waals surface area (Å²) in [4.78, 5) is 13.9. The van der Waals surface area contributed by atoms with E-state index >= 15 is 0 Å². The summed E-state index contributed by atoms with van der Waals surface area (Å²) in [5, 5.41) is 2.89. The van der Waals surface area contributed by atoms with Crippen molar-refractivity contribution in [2.24, 2.45) is 0 Å². The van der Waals surface area contributed by atoms with E-state index in [-0.39, 0.29) is 11.9 Å². The molecule has 2 rings (SSSR count). The Labute approximate surface area is 130 Å². The Hall–Kier alpha value is -1.98. The highest BCUT2D eigenvalue weighted by molar-refractivity contribution is 5.69. The molecule has 0 bridgehead atoms. The van der Waals surface area contributed by atoms with Crippen molar-refractivity contribution >= 4 is 17.5 Å². The summed E-state index contributed by atoms with van der Waals surface area (Å²) in [5.74, 6) is -0.346. The van der Waals surface area contributed by atoms with Crippen LogP contribution < -0.4 is 16.0 Å². The van der Waals surface area contributed by atoms with Crippen LogP contribution in [-0.2, 0) is 4.74 Å². The molecule has 122 valence electrons. The molecule has 0 unspecified atom stereocenters. The molecule has 0 aliphatic carbocycles. The third-order valence-electron chi connectivity index (χ3n) is 3.47. The van der Waals surface area contributed by atoms with Crippen molar-refractivity contribution < 1.29 is 13.9 Å². The van der Waals surface area contributed by atoms with Gasteiger partial charge in [0.15, 0.2) is 0 Å². The fraction of sp³-hybridized carbons (Fsp3) is 0.562. The van der Waals surface area contributed by atoms with Crippen LogP contribution in [0.5, 0.6) is 0 Å². The van der Waals surface area contributed by atoms with E-state index in [4.69, 9.17) is 10.5 Å². The van der Waals surface area contributed by atoms with Gasteiger partial charge in [-0.05, 0) is 51.8 Å². The minimum Gasteiger partial charge on any atom is -0.444 e. The van der Waals surface area contributed by atoms with Crippen molar-refractivity contribution in [3.63, 3.8) is 0 Å². The number of hydrogen-bond donors (Lipinski definition) is 2.